The summed E-state index contributed by atoms with van der Waals surface area (Å²) >= 11 is 0. The largest absolute Gasteiger partial charge is 0.338 e. The summed E-state index contributed by atoms with van der Waals surface area (Å²) in [5, 5.41) is 9.58. The zero-order valence-electron chi connectivity index (χ0n) is 18.8. The van der Waals surface area contributed by atoms with Crippen LogP contribution in [0.4, 0.5) is 11.4 Å². The van der Waals surface area contributed by atoms with Crippen molar-refractivity contribution in [1.29, 1.82) is 5.26 Å². The first kappa shape index (κ1) is 21.4. The van der Waals surface area contributed by atoms with Crippen LogP contribution in [-0.2, 0) is 9.84 Å². The van der Waals surface area contributed by atoms with Gasteiger partial charge in [0.2, 0.25) is 9.84 Å². The molecular weight excluding hydrogens is 454 g/mol. The van der Waals surface area contributed by atoms with Gasteiger partial charge in [0.15, 0.2) is 0 Å². The van der Waals surface area contributed by atoms with E-state index >= 15 is 0 Å². The van der Waals surface area contributed by atoms with E-state index in [4.69, 9.17) is 6.57 Å². The zero-order valence-corrected chi connectivity index (χ0v) is 19.7. The maximum Gasteiger partial charge on any atom is 0.270 e. The average Bonchev–Trinajstić information content (AvgIpc) is 3.53. The van der Waals surface area contributed by atoms with Crippen LogP contribution in [0.15, 0.2) is 88.3 Å². The van der Waals surface area contributed by atoms with Gasteiger partial charge in [0, 0.05) is 28.9 Å². The van der Waals surface area contributed by atoms with Gasteiger partial charge in [-0.15, -0.1) is 0 Å². The molecule has 2 unspecified atom stereocenters. The standard InChI is InChI=1S/C29H21N3O2S/c1-31-24(18-30)29-22-10-5-6-13-27(22)35(33,34)28(29)17-19-14-15-26-23(16-19)21-11-7-12-25(21)32(26)20-8-3-2-4-9-20/h2-6,8-10,13-17,21,25H,7,11-12H2/b28-17+,29-24-. The Labute approximate surface area is 205 Å². The van der Waals surface area contributed by atoms with E-state index < -0.39 is 9.84 Å². The van der Waals surface area contributed by atoms with Gasteiger partial charge in [-0.2, -0.15) is 0 Å². The topological polar surface area (TPSA) is 65.5 Å². The Morgan fingerprint density at radius 1 is 1.06 bits per heavy atom. The molecule has 2 heterocycles. The second-order valence-corrected chi connectivity index (χ2v) is 11.0. The van der Waals surface area contributed by atoms with Crippen molar-refractivity contribution in [3.63, 3.8) is 0 Å². The smallest absolute Gasteiger partial charge is 0.270 e. The molecule has 2 atom stereocenters. The number of nitriles is 1. The van der Waals surface area contributed by atoms with Crippen LogP contribution in [0, 0.1) is 17.9 Å². The minimum atomic E-state index is -3.85. The molecule has 0 saturated heterocycles. The van der Waals surface area contributed by atoms with Crippen molar-refractivity contribution >= 4 is 32.9 Å². The Bertz CT molecular complexity index is 1610. The van der Waals surface area contributed by atoms with Crippen molar-refractivity contribution in [2.75, 3.05) is 4.90 Å². The minimum absolute atomic E-state index is 0.0204. The molecule has 0 aromatic heterocycles. The van der Waals surface area contributed by atoms with E-state index in [-0.39, 0.29) is 21.1 Å². The fourth-order valence-corrected chi connectivity index (χ4v) is 7.59. The lowest BCUT2D eigenvalue weighted by Crippen LogP contribution is -2.26. The third-order valence-electron chi connectivity index (χ3n) is 7.29. The molecule has 3 aromatic rings. The number of hydrogen-bond donors (Lipinski definition) is 0. The van der Waals surface area contributed by atoms with Gasteiger partial charge in [-0.25, -0.2) is 18.5 Å². The van der Waals surface area contributed by atoms with Gasteiger partial charge in [-0.1, -0.05) is 48.9 Å². The van der Waals surface area contributed by atoms with Crippen molar-refractivity contribution in [1.82, 2.24) is 0 Å². The molecule has 3 aliphatic rings. The van der Waals surface area contributed by atoms with Gasteiger partial charge < -0.3 is 4.90 Å². The Balaban J connectivity index is 1.52. The highest BCUT2D eigenvalue weighted by molar-refractivity contribution is 7.96. The molecule has 0 bridgehead atoms. The third kappa shape index (κ3) is 3.15. The van der Waals surface area contributed by atoms with Crippen LogP contribution < -0.4 is 4.90 Å². The van der Waals surface area contributed by atoms with Crippen molar-refractivity contribution in [3.8, 4) is 6.07 Å². The lowest BCUT2D eigenvalue weighted by molar-refractivity contribution is 0.604. The maximum absolute atomic E-state index is 13.5. The first-order valence-electron chi connectivity index (χ1n) is 11.6. The number of rotatable bonds is 2. The number of allylic oxidation sites excluding steroid dienone is 2. The summed E-state index contributed by atoms with van der Waals surface area (Å²) in [6.07, 6.45) is 5.02. The number of hydrogen-bond acceptors (Lipinski definition) is 4. The highest BCUT2D eigenvalue weighted by Gasteiger charge is 2.42. The Morgan fingerprint density at radius 3 is 2.60 bits per heavy atom. The second-order valence-electron chi connectivity index (χ2n) is 9.08. The molecular formula is C29H21N3O2S. The lowest BCUT2D eigenvalue weighted by atomic mass is 9.95. The molecule has 170 valence electrons. The number of benzene rings is 3. The van der Waals surface area contributed by atoms with Crippen molar-refractivity contribution in [2.24, 2.45) is 0 Å². The Kier molecular flexibility index (Phi) is 4.88. The molecule has 2 aliphatic heterocycles. The molecule has 0 spiro atoms. The van der Waals surface area contributed by atoms with Crippen LogP contribution in [0.25, 0.3) is 16.5 Å². The predicted molar refractivity (Wildman–Crippen MR) is 136 cm³/mol. The van der Waals surface area contributed by atoms with Crippen LogP contribution in [0.1, 0.15) is 41.9 Å². The Morgan fingerprint density at radius 2 is 1.83 bits per heavy atom. The molecule has 0 radical (unpaired) electrons. The molecule has 1 saturated carbocycles. The van der Waals surface area contributed by atoms with E-state index in [1.807, 2.05) is 18.2 Å². The summed E-state index contributed by atoms with van der Waals surface area (Å²) in [5.74, 6) is 0.397. The zero-order chi connectivity index (χ0) is 24.2. The van der Waals surface area contributed by atoms with Crippen LogP contribution >= 0.6 is 0 Å². The summed E-state index contributed by atoms with van der Waals surface area (Å²) < 4.78 is 26.9. The molecule has 0 amide bonds. The molecule has 6 rings (SSSR count). The number of fused-ring (bicyclic) bond motifs is 4. The van der Waals surface area contributed by atoms with E-state index in [1.165, 1.54) is 23.0 Å². The highest BCUT2D eigenvalue weighted by Crippen LogP contribution is 2.53. The lowest BCUT2D eigenvalue weighted by Gasteiger charge is -2.27. The Hall–Kier alpha value is -4.13. The molecule has 0 N–H and O–H groups in total. The number of anilines is 2. The van der Waals surface area contributed by atoms with Gasteiger partial charge in [0.25, 0.3) is 5.70 Å². The van der Waals surface area contributed by atoms with Crippen molar-refractivity contribution in [2.45, 2.75) is 36.1 Å². The number of nitrogens with zero attached hydrogens (tertiary/aromatic N) is 3. The molecule has 6 heteroatoms. The van der Waals surface area contributed by atoms with Gasteiger partial charge in [0.1, 0.15) is 0 Å². The van der Waals surface area contributed by atoms with E-state index in [0.717, 1.165) is 24.8 Å². The monoisotopic (exact) mass is 475 g/mol. The van der Waals surface area contributed by atoms with Crippen molar-refractivity contribution in [3.05, 3.63) is 112 Å². The van der Waals surface area contributed by atoms with Gasteiger partial charge in [-0.3, -0.25) is 0 Å². The predicted octanol–water partition coefficient (Wildman–Crippen LogP) is 6.46. The average molecular weight is 476 g/mol. The van der Waals surface area contributed by atoms with Crippen LogP contribution in [0.5, 0.6) is 0 Å². The van der Waals surface area contributed by atoms with E-state index in [2.05, 4.69) is 46.1 Å². The fraction of sp³-hybridized carbons (Fsp3) is 0.172. The van der Waals surface area contributed by atoms with E-state index in [0.29, 0.717) is 17.5 Å². The maximum atomic E-state index is 13.5. The second kappa shape index (κ2) is 7.98. The normalized spacial score (nSPS) is 23.8. The minimum Gasteiger partial charge on any atom is -0.338 e. The van der Waals surface area contributed by atoms with E-state index in [1.54, 1.807) is 24.3 Å². The van der Waals surface area contributed by atoms with Gasteiger partial charge in [0.05, 0.1) is 22.4 Å². The van der Waals surface area contributed by atoms with E-state index in [9.17, 15) is 13.7 Å². The first-order chi connectivity index (χ1) is 17.0. The summed E-state index contributed by atoms with van der Waals surface area (Å²) in [5.41, 5.74) is 4.73. The molecule has 1 fully saturated rings. The summed E-state index contributed by atoms with van der Waals surface area (Å²) in [4.78, 5) is 5.93. The number of sulfone groups is 1. The quantitative estimate of drug-likeness (QED) is 0.315. The number of para-hydroxylation sites is 1. The third-order valence-corrected chi connectivity index (χ3v) is 9.13. The fourth-order valence-electron chi connectivity index (χ4n) is 5.86. The highest BCUT2D eigenvalue weighted by atomic mass is 32.2. The summed E-state index contributed by atoms with van der Waals surface area (Å²) in [6.45, 7) is 7.47. The summed E-state index contributed by atoms with van der Waals surface area (Å²) in [7, 11) is -3.85. The molecule has 35 heavy (non-hydrogen) atoms. The molecule has 5 nitrogen and oxygen atoms in total. The molecule has 1 aliphatic carbocycles. The van der Waals surface area contributed by atoms with Crippen LogP contribution in [-0.4, -0.2) is 14.5 Å². The van der Waals surface area contributed by atoms with Crippen LogP contribution in [0.2, 0.25) is 0 Å². The van der Waals surface area contributed by atoms with Gasteiger partial charge in [-0.05, 0) is 65.9 Å². The van der Waals surface area contributed by atoms with Crippen molar-refractivity contribution < 1.29 is 8.42 Å². The van der Waals surface area contributed by atoms with Gasteiger partial charge >= 0.3 is 0 Å². The first-order valence-corrected chi connectivity index (χ1v) is 13.1. The molecule has 3 aromatic carbocycles. The summed E-state index contributed by atoms with van der Waals surface area (Å²) in [6, 6.07) is 25.4. The van der Waals surface area contributed by atoms with Crippen LogP contribution in [0.3, 0.4) is 0 Å². The SMILES string of the molecule is [C-]#[N+]/C(C#N)=C1\C(=C/c2ccc3c(c2)C2CCCC2N3c2ccccc2)S(=O)(=O)c2ccccc21.